The van der Waals surface area contributed by atoms with Crippen molar-refractivity contribution in [2.75, 3.05) is 0 Å². The molecule has 0 spiro atoms. The average molecular weight is 234 g/mol. The van der Waals surface area contributed by atoms with E-state index < -0.39 is 5.82 Å². The molecule has 1 rings (SSSR count). The number of rotatable bonds is 4. The summed E-state index contributed by atoms with van der Waals surface area (Å²) in [6.07, 6.45) is 3.02. The van der Waals surface area contributed by atoms with Crippen LogP contribution >= 0.6 is 11.6 Å². The molecule has 0 saturated heterocycles. The Balaban J connectivity index is 2.98. The topological polar surface area (TPSA) is 9.23 Å². The zero-order valence-electron chi connectivity index (χ0n) is 8.54. The van der Waals surface area contributed by atoms with E-state index in [0.29, 0.717) is 5.76 Å². The standard InChI is InChI=1S/C12H9BClFO/c1-3-4-12(8(2)13)16-11-6-9(14)5-10(15)7-11/h3-7H,1-2H2. The van der Waals surface area contributed by atoms with E-state index in [9.17, 15) is 4.39 Å². The number of hydrogen-bond donors (Lipinski definition) is 0. The summed E-state index contributed by atoms with van der Waals surface area (Å²) in [7, 11) is 5.48. The molecule has 0 N–H and O–H groups in total. The van der Waals surface area contributed by atoms with E-state index >= 15 is 0 Å². The van der Waals surface area contributed by atoms with Gasteiger partial charge in [-0.2, -0.15) is 0 Å². The highest BCUT2D eigenvalue weighted by molar-refractivity contribution is 6.30. The minimum absolute atomic E-state index is 0.222. The molecule has 2 radical (unpaired) electrons. The van der Waals surface area contributed by atoms with Crippen molar-refractivity contribution in [1.82, 2.24) is 0 Å². The van der Waals surface area contributed by atoms with Gasteiger partial charge in [0.25, 0.3) is 0 Å². The van der Waals surface area contributed by atoms with Crippen LogP contribution in [0.1, 0.15) is 0 Å². The Bertz CT molecular complexity index is 434. The molecule has 0 unspecified atom stereocenters. The molecule has 1 aromatic carbocycles. The predicted molar refractivity (Wildman–Crippen MR) is 65.2 cm³/mol. The van der Waals surface area contributed by atoms with Gasteiger partial charge in [-0.25, -0.2) is 4.39 Å². The second kappa shape index (κ2) is 5.57. The molecular formula is C12H9BClFO. The van der Waals surface area contributed by atoms with Crippen LogP contribution in [0.2, 0.25) is 5.02 Å². The third-order valence-electron chi connectivity index (χ3n) is 1.65. The van der Waals surface area contributed by atoms with Gasteiger partial charge in [0.1, 0.15) is 25.2 Å². The molecule has 80 valence electrons. The van der Waals surface area contributed by atoms with Crippen molar-refractivity contribution in [3.05, 3.63) is 65.6 Å². The van der Waals surface area contributed by atoms with Crippen molar-refractivity contribution >= 4 is 19.4 Å². The monoisotopic (exact) mass is 234 g/mol. The van der Waals surface area contributed by atoms with E-state index in [1.165, 1.54) is 30.4 Å². The molecule has 0 aliphatic carbocycles. The summed E-state index contributed by atoms with van der Waals surface area (Å²) in [4.78, 5) is 0. The van der Waals surface area contributed by atoms with Gasteiger partial charge in [-0.3, -0.25) is 0 Å². The fraction of sp³-hybridized carbons (Fsp3) is 0. The van der Waals surface area contributed by atoms with Crippen LogP contribution in [-0.4, -0.2) is 7.85 Å². The van der Waals surface area contributed by atoms with Gasteiger partial charge >= 0.3 is 0 Å². The number of halogens is 2. The van der Waals surface area contributed by atoms with Crippen molar-refractivity contribution in [2.24, 2.45) is 0 Å². The van der Waals surface area contributed by atoms with E-state index in [1.807, 2.05) is 0 Å². The van der Waals surface area contributed by atoms with E-state index in [2.05, 4.69) is 13.2 Å². The summed E-state index contributed by atoms with van der Waals surface area (Å²) in [6, 6.07) is 3.86. The maximum absolute atomic E-state index is 13.0. The Morgan fingerprint density at radius 2 is 2.12 bits per heavy atom. The average Bonchev–Trinajstić information content (AvgIpc) is 2.15. The summed E-state index contributed by atoms with van der Waals surface area (Å²) in [5.74, 6) is 0.0736. The molecule has 0 bridgehead atoms. The lowest BCUT2D eigenvalue weighted by atomic mass is 9.95. The molecule has 0 saturated carbocycles. The van der Waals surface area contributed by atoms with Gasteiger partial charge in [-0.15, -0.1) is 6.58 Å². The molecule has 0 aromatic heterocycles. The van der Waals surface area contributed by atoms with Gasteiger partial charge < -0.3 is 4.74 Å². The lowest BCUT2D eigenvalue weighted by molar-refractivity contribution is 0.438. The van der Waals surface area contributed by atoms with E-state index in [4.69, 9.17) is 24.2 Å². The first-order chi connectivity index (χ1) is 7.52. The maximum atomic E-state index is 13.0. The van der Waals surface area contributed by atoms with Gasteiger partial charge in [0.2, 0.25) is 0 Å². The first-order valence-electron chi connectivity index (χ1n) is 4.44. The van der Waals surface area contributed by atoms with Gasteiger partial charge in [-0.1, -0.05) is 29.7 Å². The molecule has 1 nitrogen and oxygen atoms in total. The Hall–Kier alpha value is -1.48. The number of hydrogen-bond acceptors (Lipinski definition) is 1. The number of benzene rings is 1. The van der Waals surface area contributed by atoms with Crippen LogP contribution < -0.4 is 4.74 Å². The van der Waals surface area contributed by atoms with Crippen molar-refractivity contribution < 1.29 is 9.13 Å². The second-order valence-corrected chi connectivity index (χ2v) is 3.44. The van der Waals surface area contributed by atoms with Crippen LogP contribution in [-0.2, 0) is 0 Å². The van der Waals surface area contributed by atoms with Crippen LogP contribution in [0.5, 0.6) is 5.75 Å². The third-order valence-corrected chi connectivity index (χ3v) is 1.87. The molecule has 0 atom stereocenters. The highest BCUT2D eigenvalue weighted by Crippen LogP contribution is 2.23. The van der Waals surface area contributed by atoms with Gasteiger partial charge in [0.15, 0.2) is 0 Å². The molecule has 0 amide bonds. The molecular weight excluding hydrogens is 225 g/mol. The zero-order valence-corrected chi connectivity index (χ0v) is 9.30. The van der Waals surface area contributed by atoms with Crippen molar-refractivity contribution in [2.45, 2.75) is 0 Å². The predicted octanol–water partition coefficient (Wildman–Crippen LogP) is 3.61. The van der Waals surface area contributed by atoms with Crippen molar-refractivity contribution in [3.8, 4) is 5.75 Å². The highest BCUT2D eigenvalue weighted by Gasteiger charge is 2.04. The van der Waals surface area contributed by atoms with Crippen LogP contribution in [0.15, 0.2) is 54.7 Å². The minimum Gasteiger partial charge on any atom is -0.458 e. The molecule has 0 aliphatic heterocycles. The van der Waals surface area contributed by atoms with E-state index in [1.54, 1.807) is 0 Å². The van der Waals surface area contributed by atoms with Gasteiger partial charge in [0.05, 0.1) is 0 Å². The fourth-order valence-corrected chi connectivity index (χ4v) is 1.24. The van der Waals surface area contributed by atoms with Gasteiger partial charge in [0, 0.05) is 11.1 Å². The maximum Gasteiger partial charge on any atom is 0.131 e. The molecule has 4 heteroatoms. The van der Waals surface area contributed by atoms with Crippen LogP contribution in [0.25, 0.3) is 0 Å². The normalized spacial score (nSPS) is 11.0. The zero-order chi connectivity index (χ0) is 12.1. The lowest BCUT2D eigenvalue weighted by Gasteiger charge is -2.10. The third kappa shape index (κ3) is 3.59. The lowest BCUT2D eigenvalue weighted by Crippen LogP contribution is -1.98. The van der Waals surface area contributed by atoms with E-state index in [0.717, 1.165) is 0 Å². The van der Waals surface area contributed by atoms with Crippen LogP contribution in [0, 0.1) is 5.82 Å². The van der Waals surface area contributed by atoms with Crippen molar-refractivity contribution in [1.29, 1.82) is 0 Å². The first kappa shape index (κ1) is 12.6. The van der Waals surface area contributed by atoms with Crippen molar-refractivity contribution in [3.63, 3.8) is 0 Å². The van der Waals surface area contributed by atoms with Crippen LogP contribution in [0.3, 0.4) is 0 Å². The Kier molecular flexibility index (Phi) is 4.38. The summed E-state index contributed by atoms with van der Waals surface area (Å²) in [5, 5.41) is 0.246. The molecule has 0 heterocycles. The first-order valence-corrected chi connectivity index (χ1v) is 4.82. The Morgan fingerprint density at radius 1 is 1.44 bits per heavy atom. The largest absolute Gasteiger partial charge is 0.458 e. The molecule has 0 fully saturated rings. The Labute approximate surface area is 100 Å². The number of allylic oxidation sites excluding steroid dienone is 3. The second-order valence-electron chi connectivity index (χ2n) is 3.00. The minimum atomic E-state index is -0.483. The van der Waals surface area contributed by atoms with E-state index in [-0.39, 0.29) is 16.2 Å². The smallest absolute Gasteiger partial charge is 0.131 e. The fourth-order valence-electron chi connectivity index (χ4n) is 1.03. The molecule has 16 heavy (non-hydrogen) atoms. The summed E-state index contributed by atoms with van der Waals surface area (Å²) in [6.45, 7) is 7.03. The van der Waals surface area contributed by atoms with Crippen LogP contribution in [0.4, 0.5) is 4.39 Å². The Morgan fingerprint density at radius 3 is 2.62 bits per heavy atom. The summed E-state index contributed by atoms with van der Waals surface area (Å²) in [5.41, 5.74) is 0.222. The SMILES string of the molecule is [B]C(=C)C(=CC=C)Oc1cc(F)cc(Cl)c1. The number of ether oxygens (including phenoxy) is 1. The summed E-state index contributed by atoms with van der Waals surface area (Å²) < 4.78 is 18.3. The quantitative estimate of drug-likeness (QED) is 0.439. The van der Waals surface area contributed by atoms with Gasteiger partial charge in [-0.05, 0) is 18.2 Å². The molecule has 0 aliphatic rings. The highest BCUT2D eigenvalue weighted by atomic mass is 35.5. The summed E-state index contributed by atoms with van der Waals surface area (Å²) >= 11 is 5.68. The molecule has 1 aromatic rings.